The number of hydrogen-bond donors (Lipinski definition) is 2. The van der Waals surface area contributed by atoms with Crippen LogP contribution in [0, 0.1) is 0 Å². The molecule has 3 rings (SSSR count). The zero-order valence-electron chi connectivity index (χ0n) is 12.1. The number of rotatable bonds is 2. The Hall–Kier alpha value is -2.33. The van der Waals surface area contributed by atoms with Crippen LogP contribution in [0.15, 0.2) is 76.8 Å². The van der Waals surface area contributed by atoms with E-state index in [9.17, 15) is 16.8 Å². The Kier molecular flexibility index (Phi) is 5.30. The van der Waals surface area contributed by atoms with Gasteiger partial charge in [-0.25, -0.2) is 0 Å². The second-order valence-corrected chi connectivity index (χ2v) is 7.34. The van der Waals surface area contributed by atoms with Crippen LogP contribution >= 0.6 is 0 Å². The van der Waals surface area contributed by atoms with Crippen molar-refractivity contribution in [1.29, 1.82) is 0 Å². The summed E-state index contributed by atoms with van der Waals surface area (Å²) >= 11 is 0. The van der Waals surface area contributed by atoms with Gasteiger partial charge >= 0.3 is 0 Å². The van der Waals surface area contributed by atoms with Crippen molar-refractivity contribution in [2.45, 2.75) is 9.79 Å². The van der Waals surface area contributed by atoms with E-state index in [0.29, 0.717) is 5.39 Å². The predicted octanol–water partition coefficient (Wildman–Crippen LogP) is 2.41. The molecule has 0 fully saturated rings. The molecule has 1 heterocycles. The molecule has 0 aliphatic heterocycles. The minimum Gasteiger partial charge on any atom is -0.282 e. The molecule has 1 aromatic heterocycles. The molecular formula is C15H13NO6S2. The fourth-order valence-electron chi connectivity index (χ4n) is 2.00. The van der Waals surface area contributed by atoms with Gasteiger partial charge in [0.05, 0.1) is 0 Å². The van der Waals surface area contributed by atoms with Crippen LogP contribution in [0.5, 0.6) is 0 Å². The molecule has 0 atom stereocenters. The smallest absolute Gasteiger partial charge is 0.282 e. The summed E-state index contributed by atoms with van der Waals surface area (Å²) in [6.45, 7) is 0. The van der Waals surface area contributed by atoms with Gasteiger partial charge in [-0.1, -0.05) is 36.4 Å². The lowest BCUT2D eigenvalue weighted by atomic mass is 10.1. The lowest BCUT2D eigenvalue weighted by molar-refractivity contribution is 0.467. The predicted molar refractivity (Wildman–Crippen MR) is 87.8 cm³/mol. The Bertz CT molecular complexity index is 1020. The van der Waals surface area contributed by atoms with Crippen molar-refractivity contribution >= 4 is 31.0 Å². The summed E-state index contributed by atoms with van der Waals surface area (Å²) in [5, 5.41) is 0.452. The van der Waals surface area contributed by atoms with Gasteiger partial charge in [-0.2, -0.15) is 16.8 Å². The molecule has 0 amide bonds. The Labute approximate surface area is 139 Å². The van der Waals surface area contributed by atoms with Gasteiger partial charge in [0.15, 0.2) is 0 Å². The first-order valence-electron chi connectivity index (χ1n) is 6.53. The van der Waals surface area contributed by atoms with Gasteiger partial charge in [0.1, 0.15) is 9.79 Å². The van der Waals surface area contributed by atoms with Gasteiger partial charge in [-0.3, -0.25) is 14.1 Å². The average molecular weight is 367 g/mol. The second-order valence-electron chi connectivity index (χ2n) is 4.59. The Balaban J connectivity index is 0.000000292. The van der Waals surface area contributed by atoms with Gasteiger partial charge in [0, 0.05) is 17.8 Å². The molecular weight excluding hydrogens is 354 g/mol. The van der Waals surface area contributed by atoms with Crippen LogP contribution in [0.2, 0.25) is 0 Å². The molecule has 0 spiro atoms. The van der Waals surface area contributed by atoms with Crippen molar-refractivity contribution in [1.82, 2.24) is 4.98 Å². The first kappa shape index (κ1) is 18.0. The van der Waals surface area contributed by atoms with E-state index in [0.717, 1.165) is 6.07 Å². The van der Waals surface area contributed by atoms with Crippen molar-refractivity contribution in [2.24, 2.45) is 0 Å². The van der Waals surface area contributed by atoms with E-state index >= 15 is 0 Å². The highest BCUT2D eigenvalue weighted by Gasteiger charge is 2.26. The van der Waals surface area contributed by atoms with Crippen LogP contribution in [0.4, 0.5) is 0 Å². The molecule has 7 nitrogen and oxygen atoms in total. The zero-order chi connectivity index (χ0) is 17.8. The maximum Gasteiger partial charge on any atom is 0.296 e. The number of pyridine rings is 1. The van der Waals surface area contributed by atoms with Crippen LogP contribution in [-0.2, 0) is 20.2 Å². The monoisotopic (exact) mass is 367 g/mol. The summed E-state index contributed by atoms with van der Waals surface area (Å²) in [6, 6.07) is 14.0. The van der Waals surface area contributed by atoms with E-state index in [-0.39, 0.29) is 5.39 Å². The first-order valence-corrected chi connectivity index (χ1v) is 9.41. The molecule has 0 unspecified atom stereocenters. The minimum atomic E-state index is -4.78. The minimum absolute atomic E-state index is 0.0233. The lowest BCUT2D eigenvalue weighted by Gasteiger charge is -2.08. The third-order valence-corrected chi connectivity index (χ3v) is 4.93. The highest BCUT2D eigenvalue weighted by atomic mass is 32.2. The number of benzene rings is 2. The summed E-state index contributed by atoms with van der Waals surface area (Å²) in [5.41, 5.74) is 0. The fourth-order valence-corrected chi connectivity index (χ4v) is 4.01. The number of hydrogen-bond acceptors (Lipinski definition) is 5. The number of aromatic nitrogens is 1. The van der Waals surface area contributed by atoms with Crippen LogP contribution in [0.25, 0.3) is 10.8 Å². The summed E-state index contributed by atoms with van der Waals surface area (Å²) in [7, 11) is -9.53. The van der Waals surface area contributed by atoms with E-state index < -0.39 is 30.0 Å². The molecule has 24 heavy (non-hydrogen) atoms. The van der Waals surface area contributed by atoms with Gasteiger partial charge in [0.2, 0.25) is 0 Å². The molecule has 0 aliphatic carbocycles. The maximum atomic E-state index is 11.3. The molecule has 9 heteroatoms. The molecule has 2 aromatic carbocycles. The molecule has 2 N–H and O–H groups in total. The van der Waals surface area contributed by atoms with Crippen molar-refractivity contribution in [2.75, 3.05) is 0 Å². The van der Waals surface area contributed by atoms with E-state index in [1.807, 2.05) is 18.2 Å². The quantitative estimate of drug-likeness (QED) is 0.667. The van der Waals surface area contributed by atoms with Gasteiger partial charge in [0.25, 0.3) is 20.2 Å². The largest absolute Gasteiger partial charge is 0.296 e. The summed E-state index contributed by atoms with van der Waals surface area (Å²) in [5.74, 6) is 0. The normalized spacial score (nSPS) is 11.6. The Morgan fingerprint density at radius 3 is 1.79 bits per heavy atom. The Morgan fingerprint density at radius 1 is 0.708 bits per heavy atom. The molecule has 0 radical (unpaired) electrons. The summed E-state index contributed by atoms with van der Waals surface area (Å²) < 4.78 is 63.0. The van der Waals surface area contributed by atoms with Crippen LogP contribution in [0.3, 0.4) is 0 Å². The summed E-state index contributed by atoms with van der Waals surface area (Å²) in [6.07, 6.45) is 3.50. The van der Waals surface area contributed by atoms with Gasteiger partial charge in [-0.15, -0.1) is 0 Å². The van der Waals surface area contributed by atoms with E-state index in [2.05, 4.69) is 4.98 Å². The second kappa shape index (κ2) is 7.05. The molecule has 0 saturated carbocycles. The van der Waals surface area contributed by atoms with Crippen LogP contribution < -0.4 is 0 Å². The molecule has 3 aromatic rings. The van der Waals surface area contributed by atoms with Crippen LogP contribution in [0.1, 0.15) is 0 Å². The van der Waals surface area contributed by atoms with Crippen LogP contribution in [-0.4, -0.2) is 30.9 Å². The molecule has 0 aliphatic rings. The van der Waals surface area contributed by atoms with E-state index in [1.54, 1.807) is 24.5 Å². The van der Waals surface area contributed by atoms with E-state index in [1.165, 1.54) is 18.2 Å². The molecule has 126 valence electrons. The highest BCUT2D eigenvalue weighted by molar-refractivity contribution is 7.89. The SMILES string of the molecule is O=S(=O)(O)c1ccc2ccccc2c1S(=O)(=O)O.c1ccncc1. The first-order chi connectivity index (χ1) is 11.2. The van der Waals surface area contributed by atoms with E-state index in [4.69, 9.17) is 9.11 Å². The highest BCUT2D eigenvalue weighted by Crippen LogP contribution is 2.29. The lowest BCUT2D eigenvalue weighted by Crippen LogP contribution is -2.09. The molecule has 0 bridgehead atoms. The Morgan fingerprint density at radius 2 is 1.33 bits per heavy atom. The topological polar surface area (TPSA) is 122 Å². The zero-order valence-corrected chi connectivity index (χ0v) is 13.8. The van der Waals surface area contributed by atoms with Crippen molar-refractivity contribution in [3.63, 3.8) is 0 Å². The average Bonchev–Trinajstić information content (AvgIpc) is 2.54. The van der Waals surface area contributed by atoms with Crippen molar-refractivity contribution in [3.05, 3.63) is 67.0 Å². The maximum absolute atomic E-state index is 11.3. The standard InChI is InChI=1S/C10H8O6S2.C5H5N/c11-17(12,13)9-6-5-7-3-1-2-4-8(7)10(9)18(14,15)16;1-2-4-6-5-3-1/h1-6H,(H,11,12,13)(H,14,15,16);1-5H. The van der Waals surface area contributed by atoms with Crippen molar-refractivity contribution < 1.29 is 25.9 Å². The fraction of sp³-hybridized carbons (Fsp3) is 0. The van der Waals surface area contributed by atoms with Crippen molar-refractivity contribution in [3.8, 4) is 0 Å². The van der Waals surface area contributed by atoms with Gasteiger partial charge in [-0.05, 0) is 23.6 Å². The third kappa shape index (κ3) is 4.36. The molecule has 0 saturated heterocycles. The number of nitrogens with zero attached hydrogens (tertiary/aromatic N) is 1. The van der Waals surface area contributed by atoms with Gasteiger partial charge < -0.3 is 0 Å². The summed E-state index contributed by atoms with van der Waals surface area (Å²) in [4.78, 5) is 2.12. The third-order valence-electron chi connectivity index (χ3n) is 2.95. The number of fused-ring (bicyclic) bond motifs is 1.